The minimum Gasteiger partial charge on any atom is -0.493 e. The molecule has 0 aliphatic rings. The zero-order chi connectivity index (χ0) is 21.5. The van der Waals surface area contributed by atoms with E-state index in [4.69, 9.17) is 21.1 Å². The molecule has 0 N–H and O–H groups in total. The molecular formula is C19H24ClNO6S2. The third-order valence-corrected chi connectivity index (χ3v) is 7.88. The number of hydrogen-bond donors (Lipinski definition) is 0. The summed E-state index contributed by atoms with van der Waals surface area (Å²) < 4.78 is 60.3. The molecule has 2 aromatic carbocycles. The second-order valence-corrected chi connectivity index (χ2v) is 11.1. The van der Waals surface area contributed by atoms with Crippen molar-refractivity contribution in [3.8, 4) is 11.5 Å². The van der Waals surface area contributed by atoms with Crippen LogP contribution in [0.3, 0.4) is 0 Å². The van der Waals surface area contributed by atoms with Gasteiger partial charge in [-0.05, 0) is 42.5 Å². The van der Waals surface area contributed by atoms with Gasteiger partial charge in [0.2, 0.25) is 10.0 Å². The Balaban J connectivity index is 1.90. The Morgan fingerprint density at radius 1 is 0.931 bits per heavy atom. The first kappa shape index (κ1) is 23.5. The van der Waals surface area contributed by atoms with E-state index in [1.807, 2.05) is 0 Å². The molecule has 0 radical (unpaired) electrons. The molecule has 0 atom stereocenters. The van der Waals surface area contributed by atoms with Crippen LogP contribution in [-0.4, -0.2) is 59.5 Å². The van der Waals surface area contributed by atoms with E-state index in [1.54, 1.807) is 31.2 Å². The van der Waals surface area contributed by atoms with Gasteiger partial charge < -0.3 is 9.47 Å². The third kappa shape index (κ3) is 7.18. The maximum atomic E-state index is 12.7. The number of hydrogen-bond acceptors (Lipinski definition) is 6. The summed E-state index contributed by atoms with van der Waals surface area (Å²) in [6.45, 7) is 1.92. The zero-order valence-electron chi connectivity index (χ0n) is 16.2. The number of nitrogens with zero attached hydrogens (tertiary/aromatic N) is 1. The molecule has 0 amide bonds. The standard InChI is InChI=1S/C19H24ClNO6S2/c1-3-28(22,23)14-13-27-17-7-9-19(10-8-17)29(24,25)21(2)11-12-26-18-6-4-5-16(20)15-18/h4-10,15H,3,11-14H2,1-2H3. The Kier molecular flexibility index (Phi) is 8.33. The Morgan fingerprint density at radius 3 is 2.21 bits per heavy atom. The summed E-state index contributed by atoms with van der Waals surface area (Å²) in [5.74, 6) is 0.942. The lowest BCUT2D eigenvalue weighted by atomic mass is 10.3. The smallest absolute Gasteiger partial charge is 0.242 e. The van der Waals surface area contributed by atoms with Crippen LogP contribution >= 0.6 is 11.6 Å². The first-order valence-corrected chi connectivity index (χ1v) is 12.6. The molecule has 10 heteroatoms. The molecule has 2 rings (SSSR count). The molecule has 0 bridgehead atoms. The fourth-order valence-corrected chi connectivity index (χ4v) is 4.25. The van der Waals surface area contributed by atoms with Gasteiger partial charge in [-0.1, -0.05) is 24.6 Å². The van der Waals surface area contributed by atoms with Crippen molar-refractivity contribution >= 4 is 31.5 Å². The summed E-state index contributed by atoms with van der Waals surface area (Å²) >= 11 is 5.89. The number of ether oxygens (including phenoxy) is 2. The lowest BCUT2D eigenvalue weighted by molar-refractivity contribution is 0.287. The number of sulfone groups is 1. The number of sulfonamides is 1. The van der Waals surface area contributed by atoms with Crippen LogP contribution in [0.25, 0.3) is 0 Å². The molecular weight excluding hydrogens is 438 g/mol. The zero-order valence-corrected chi connectivity index (χ0v) is 18.6. The quantitative estimate of drug-likeness (QED) is 0.511. The van der Waals surface area contributed by atoms with Crippen LogP contribution in [0.15, 0.2) is 53.4 Å². The fourth-order valence-electron chi connectivity index (χ4n) is 2.29. The van der Waals surface area contributed by atoms with Gasteiger partial charge in [-0.25, -0.2) is 16.8 Å². The molecule has 2 aromatic rings. The normalized spacial score (nSPS) is 12.1. The van der Waals surface area contributed by atoms with Gasteiger partial charge in [0.25, 0.3) is 0 Å². The molecule has 0 spiro atoms. The van der Waals surface area contributed by atoms with Gasteiger partial charge in [0.1, 0.15) is 24.7 Å². The molecule has 0 aliphatic heterocycles. The Bertz CT molecular complexity index is 1010. The van der Waals surface area contributed by atoms with Crippen LogP contribution in [0, 0.1) is 0 Å². The summed E-state index contributed by atoms with van der Waals surface area (Å²) in [5, 5.41) is 0.540. The van der Waals surface area contributed by atoms with Gasteiger partial charge in [-0.2, -0.15) is 4.31 Å². The van der Waals surface area contributed by atoms with Crippen molar-refractivity contribution in [3.63, 3.8) is 0 Å². The maximum absolute atomic E-state index is 12.7. The summed E-state index contributed by atoms with van der Waals surface area (Å²) in [6.07, 6.45) is 0. The molecule has 0 unspecified atom stereocenters. The first-order valence-electron chi connectivity index (χ1n) is 8.92. The molecule has 0 aromatic heterocycles. The highest BCUT2D eigenvalue weighted by molar-refractivity contribution is 7.91. The Labute approximate surface area is 177 Å². The topological polar surface area (TPSA) is 90.0 Å². The summed E-state index contributed by atoms with van der Waals surface area (Å²) in [5.41, 5.74) is 0. The SMILES string of the molecule is CCS(=O)(=O)CCOc1ccc(S(=O)(=O)N(C)CCOc2cccc(Cl)c2)cc1. The lowest BCUT2D eigenvalue weighted by Crippen LogP contribution is -2.31. The number of likely N-dealkylation sites (N-methyl/N-ethyl adjacent to an activating group) is 1. The van der Waals surface area contributed by atoms with Crippen LogP contribution in [0.5, 0.6) is 11.5 Å². The number of halogens is 1. The number of rotatable bonds is 11. The van der Waals surface area contributed by atoms with E-state index in [0.29, 0.717) is 16.5 Å². The van der Waals surface area contributed by atoms with E-state index in [1.165, 1.54) is 35.6 Å². The third-order valence-electron chi connectivity index (χ3n) is 4.11. The number of benzene rings is 2. The van der Waals surface area contributed by atoms with Crippen molar-refractivity contribution in [2.45, 2.75) is 11.8 Å². The average molecular weight is 462 g/mol. The van der Waals surface area contributed by atoms with Crippen molar-refractivity contribution in [2.75, 3.05) is 38.3 Å². The lowest BCUT2D eigenvalue weighted by Gasteiger charge is -2.18. The van der Waals surface area contributed by atoms with Crippen LogP contribution in [0.2, 0.25) is 5.02 Å². The van der Waals surface area contributed by atoms with Crippen LogP contribution in [0.1, 0.15) is 6.92 Å². The minimum atomic E-state index is -3.69. The monoisotopic (exact) mass is 461 g/mol. The molecule has 0 aliphatic carbocycles. The minimum absolute atomic E-state index is 0.0169. The van der Waals surface area contributed by atoms with Crippen molar-refractivity contribution in [1.29, 1.82) is 0 Å². The van der Waals surface area contributed by atoms with Crippen LogP contribution in [0.4, 0.5) is 0 Å². The largest absolute Gasteiger partial charge is 0.493 e. The van der Waals surface area contributed by atoms with Crippen molar-refractivity contribution < 1.29 is 26.3 Å². The van der Waals surface area contributed by atoms with Crippen molar-refractivity contribution in [1.82, 2.24) is 4.31 Å². The second kappa shape index (κ2) is 10.3. The van der Waals surface area contributed by atoms with E-state index in [9.17, 15) is 16.8 Å². The maximum Gasteiger partial charge on any atom is 0.242 e. The van der Waals surface area contributed by atoms with Gasteiger partial charge in [0.05, 0.1) is 10.6 Å². The Hall–Kier alpha value is -1.81. The molecule has 0 fully saturated rings. The fraction of sp³-hybridized carbons (Fsp3) is 0.368. The summed E-state index contributed by atoms with van der Waals surface area (Å²) in [7, 11) is -5.33. The van der Waals surface area contributed by atoms with Gasteiger partial charge >= 0.3 is 0 Å². The summed E-state index contributed by atoms with van der Waals surface area (Å²) in [4.78, 5) is 0.108. The first-order chi connectivity index (χ1) is 13.6. The van der Waals surface area contributed by atoms with Gasteiger partial charge in [0.15, 0.2) is 9.84 Å². The van der Waals surface area contributed by atoms with E-state index >= 15 is 0 Å². The van der Waals surface area contributed by atoms with E-state index in [2.05, 4.69) is 0 Å². The van der Waals surface area contributed by atoms with Crippen molar-refractivity contribution in [3.05, 3.63) is 53.6 Å². The molecule has 29 heavy (non-hydrogen) atoms. The second-order valence-electron chi connectivity index (χ2n) is 6.19. The molecule has 0 saturated heterocycles. The highest BCUT2D eigenvalue weighted by Crippen LogP contribution is 2.20. The van der Waals surface area contributed by atoms with Crippen LogP contribution < -0.4 is 9.47 Å². The predicted octanol–water partition coefficient (Wildman–Crippen LogP) is 2.85. The highest BCUT2D eigenvalue weighted by atomic mass is 35.5. The van der Waals surface area contributed by atoms with Crippen LogP contribution in [-0.2, 0) is 19.9 Å². The van der Waals surface area contributed by atoms with E-state index < -0.39 is 19.9 Å². The van der Waals surface area contributed by atoms with Gasteiger partial charge in [-0.15, -0.1) is 0 Å². The molecule has 160 valence electrons. The van der Waals surface area contributed by atoms with Crippen molar-refractivity contribution in [2.24, 2.45) is 0 Å². The molecule has 0 saturated carbocycles. The highest BCUT2D eigenvalue weighted by Gasteiger charge is 2.20. The summed E-state index contributed by atoms with van der Waals surface area (Å²) in [6, 6.07) is 12.7. The molecule has 0 heterocycles. The average Bonchev–Trinajstić information content (AvgIpc) is 2.68. The van der Waals surface area contributed by atoms with Gasteiger partial charge in [-0.3, -0.25) is 0 Å². The predicted molar refractivity (Wildman–Crippen MR) is 113 cm³/mol. The van der Waals surface area contributed by atoms with Gasteiger partial charge in [0, 0.05) is 24.4 Å². The molecule has 7 nitrogen and oxygen atoms in total. The van der Waals surface area contributed by atoms with E-state index in [-0.39, 0.29) is 36.2 Å². The van der Waals surface area contributed by atoms with E-state index in [0.717, 1.165) is 0 Å². The Morgan fingerprint density at radius 2 is 1.59 bits per heavy atom.